The molecule has 1 aliphatic heterocycles. The Balaban J connectivity index is 1.96. The minimum absolute atomic E-state index is 0.0112. The van der Waals surface area contributed by atoms with Crippen molar-refractivity contribution in [2.75, 3.05) is 20.3 Å². The van der Waals surface area contributed by atoms with Gasteiger partial charge in [0.25, 0.3) is 5.91 Å². The summed E-state index contributed by atoms with van der Waals surface area (Å²) >= 11 is 0. The van der Waals surface area contributed by atoms with E-state index in [1.54, 1.807) is 24.3 Å². The molecule has 1 aliphatic rings. The average molecular weight is 295 g/mol. The lowest BCUT2D eigenvalue weighted by Crippen LogP contribution is -2.42. The first kappa shape index (κ1) is 15.1. The monoisotopic (exact) mass is 295 g/mol. The molecular weight excluding hydrogens is 278 g/mol. The van der Waals surface area contributed by atoms with Gasteiger partial charge in [-0.25, -0.2) is 4.79 Å². The molecule has 1 aromatic carbocycles. The van der Waals surface area contributed by atoms with Gasteiger partial charge in [-0.05, 0) is 12.1 Å². The fraction of sp³-hybridized carbons (Fsp3) is 0.429. The van der Waals surface area contributed by atoms with Crippen LogP contribution in [0.2, 0.25) is 0 Å². The second-order valence-electron chi connectivity index (χ2n) is 4.76. The number of hydrogen-bond donors (Lipinski definition) is 2. The summed E-state index contributed by atoms with van der Waals surface area (Å²) < 4.78 is 10.4. The van der Waals surface area contributed by atoms with Crippen molar-refractivity contribution in [2.24, 2.45) is 0 Å². The van der Waals surface area contributed by atoms with Crippen molar-refractivity contribution in [1.82, 2.24) is 4.90 Å². The highest BCUT2D eigenvalue weighted by Crippen LogP contribution is 2.21. The van der Waals surface area contributed by atoms with E-state index in [1.165, 1.54) is 7.11 Å². The number of nitrogens with zero attached hydrogens (tertiary/aromatic N) is 1. The summed E-state index contributed by atoms with van der Waals surface area (Å²) in [5, 5.41) is 18.5. The van der Waals surface area contributed by atoms with Crippen molar-refractivity contribution < 1.29 is 29.3 Å². The number of rotatable bonds is 5. The van der Waals surface area contributed by atoms with Gasteiger partial charge in [-0.15, -0.1) is 0 Å². The van der Waals surface area contributed by atoms with Crippen molar-refractivity contribution in [3.63, 3.8) is 0 Å². The number of aliphatic carboxylic acids is 1. The summed E-state index contributed by atoms with van der Waals surface area (Å²) in [6.07, 6.45) is -0.771. The second-order valence-corrected chi connectivity index (χ2v) is 4.76. The normalized spacial score (nSPS) is 21.1. The molecule has 0 unspecified atom stereocenters. The molecule has 21 heavy (non-hydrogen) atoms. The van der Waals surface area contributed by atoms with Crippen LogP contribution in [-0.4, -0.2) is 59.4 Å². The number of ether oxygens (including phenoxy) is 2. The Hall–Kier alpha value is -2.28. The topological polar surface area (TPSA) is 96.3 Å². The number of β-amino-alcohol motifs (C(OH)–C–C–N with tert-alkyl or cyclic N) is 1. The second kappa shape index (κ2) is 6.45. The van der Waals surface area contributed by atoms with Crippen LogP contribution in [-0.2, 0) is 9.59 Å². The van der Waals surface area contributed by atoms with Crippen molar-refractivity contribution in [3.8, 4) is 11.5 Å². The third kappa shape index (κ3) is 3.63. The van der Waals surface area contributed by atoms with E-state index < -0.39 is 24.0 Å². The first-order valence-corrected chi connectivity index (χ1v) is 6.48. The minimum Gasteiger partial charge on any atom is -0.497 e. The maximum atomic E-state index is 12.0. The number of aliphatic hydroxyl groups is 1. The Morgan fingerprint density at radius 1 is 1.38 bits per heavy atom. The van der Waals surface area contributed by atoms with Crippen molar-refractivity contribution in [2.45, 2.75) is 18.6 Å². The van der Waals surface area contributed by atoms with Crippen molar-refractivity contribution in [3.05, 3.63) is 24.3 Å². The quantitative estimate of drug-likeness (QED) is 0.801. The van der Waals surface area contributed by atoms with Crippen LogP contribution < -0.4 is 9.47 Å². The predicted octanol–water partition coefficient (Wildman–Crippen LogP) is 0.120. The summed E-state index contributed by atoms with van der Waals surface area (Å²) in [6.45, 7) is -0.277. The number of carbonyl (C=O) groups is 2. The number of methoxy groups -OCH3 is 1. The van der Waals surface area contributed by atoms with Crippen molar-refractivity contribution >= 4 is 11.9 Å². The fourth-order valence-electron chi connectivity index (χ4n) is 2.24. The molecule has 0 bridgehead atoms. The van der Waals surface area contributed by atoms with Crippen LogP contribution in [0.5, 0.6) is 11.5 Å². The third-order valence-electron chi connectivity index (χ3n) is 3.29. The Bertz CT molecular complexity index is 532. The average Bonchev–Trinajstić information content (AvgIpc) is 2.87. The maximum Gasteiger partial charge on any atom is 0.326 e. The summed E-state index contributed by atoms with van der Waals surface area (Å²) in [5.74, 6) is -0.544. The molecule has 0 aliphatic carbocycles. The van der Waals surface area contributed by atoms with Gasteiger partial charge in [-0.3, -0.25) is 4.79 Å². The molecule has 0 radical (unpaired) electrons. The Kier molecular flexibility index (Phi) is 4.64. The molecule has 1 aromatic rings. The van der Waals surface area contributed by atoms with E-state index >= 15 is 0 Å². The van der Waals surface area contributed by atoms with Crippen LogP contribution in [0.1, 0.15) is 6.42 Å². The molecule has 0 spiro atoms. The van der Waals surface area contributed by atoms with Crippen LogP contribution in [0.3, 0.4) is 0 Å². The Morgan fingerprint density at radius 2 is 2.10 bits per heavy atom. The number of benzene rings is 1. The van der Waals surface area contributed by atoms with Gasteiger partial charge in [0.2, 0.25) is 0 Å². The zero-order chi connectivity index (χ0) is 15.4. The third-order valence-corrected chi connectivity index (χ3v) is 3.29. The van der Waals surface area contributed by atoms with E-state index in [2.05, 4.69) is 0 Å². The lowest BCUT2D eigenvalue weighted by molar-refractivity contribution is -0.148. The van der Waals surface area contributed by atoms with Gasteiger partial charge in [-0.2, -0.15) is 0 Å². The smallest absolute Gasteiger partial charge is 0.326 e. The number of carboxylic acids is 1. The summed E-state index contributed by atoms with van der Waals surface area (Å²) in [5.41, 5.74) is 0. The van der Waals surface area contributed by atoms with E-state index in [4.69, 9.17) is 14.6 Å². The lowest BCUT2D eigenvalue weighted by Gasteiger charge is -2.21. The highest BCUT2D eigenvalue weighted by Gasteiger charge is 2.38. The van der Waals surface area contributed by atoms with Crippen molar-refractivity contribution in [1.29, 1.82) is 0 Å². The molecule has 2 N–H and O–H groups in total. The zero-order valence-electron chi connectivity index (χ0n) is 11.6. The van der Waals surface area contributed by atoms with Gasteiger partial charge in [0.05, 0.1) is 13.2 Å². The number of carbonyl (C=O) groups excluding carboxylic acids is 1. The van der Waals surface area contributed by atoms with Gasteiger partial charge >= 0.3 is 5.97 Å². The highest BCUT2D eigenvalue weighted by atomic mass is 16.5. The SMILES string of the molecule is COc1cccc(OCC(=O)N2C[C@@H](O)C[C@@H]2C(=O)O)c1. The molecule has 114 valence electrons. The summed E-state index contributed by atoms with van der Waals surface area (Å²) in [4.78, 5) is 24.2. The van der Waals surface area contributed by atoms with E-state index in [-0.39, 0.29) is 19.6 Å². The zero-order valence-corrected chi connectivity index (χ0v) is 11.6. The highest BCUT2D eigenvalue weighted by molar-refractivity contribution is 5.85. The molecular formula is C14H17NO6. The largest absolute Gasteiger partial charge is 0.497 e. The van der Waals surface area contributed by atoms with Gasteiger partial charge in [0.1, 0.15) is 17.5 Å². The summed E-state index contributed by atoms with van der Waals surface area (Å²) in [7, 11) is 1.52. The molecule has 1 saturated heterocycles. The molecule has 1 amide bonds. The van der Waals surface area contributed by atoms with Crippen LogP contribution in [0.25, 0.3) is 0 Å². The maximum absolute atomic E-state index is 12.0. The van der Waals surface area contributed by atoms with Crippen LogP contribution >= 0.6 is 0 Å². The number of amides is 1. The molecule has 7 heteroatoms. The predicted molar refractivity (Wildman–Crippen MR) is 72.2 cm³/mol. The van der Waals surface area contributed by atoms with Crippen LogP contribution in [0, 0.1) is 0 Å². The fourth-order valence-corrected chi connectivity index (χ4v) is 2.24. The molecule has 0 aromatic heterocycles. The molecule has 7 nitrogen and oxygen atoms in total. The number of carboxylic acid groups (broad SMARTS) is 1. The summed E-state index contributed by atoms with van der Waals surface area (Å²) in [6, 6.07) is 5.76. The van der Waals surface area contributed by atoms with Gasteiger partial charge in [-0.1, -0.05) is 6.07 Å². The van der Waals surface area contributed by atoms with Gasteiger partial charge in [0.15, 0.2) is 6.61 Å². The van der Waals surface area contributed by atoms with E-state index in [1.807, 2.05) is 0 Å². The first-order valence-electron chi connectivity index (χ1n) is 6.48. The first-order chi connectivity index (χ1) is 10.0. The minimum atomic E-state index is -1.12. The number of likely N-dealkylation sites (tertiary alicyclic amines) is 1. The van der Waals surface area contributed by atoms with Crippen LogP contribution in [0.4, 0.5) is 0 Å². The van der Waals surface area contributed by atoms with E-state index in [0.717, 1.165) is 4.90 Å². The van der Waals surface area contributed by atoms with Gasteiger partial charge < -0.3 is 24.6 Å². The molecule has 1 heterocycles. The molecule has 2 atom stereocenters. The van der Waals surface area contributed by atoms with E-state index in [9.17, 15) is 14.7 Å². The van der Waals surface area contributed by atoms with E-state index in [0.29, 0.717) is 11.5 Å². The van der Waals surface area contributed by atoms with Crippen LogP contribution in [0.15, 0.2) is 24.3 Å². The molecule has 0 saturated carbocycles. The number of aliphatic hydroxyl groups excluding tert-OH is 1. The molecule has 2 rings (SSSR count). The molecule has 1 fully saturated rings. The standard InChI is InChI=1S/C14H17NO6/c1-20-10-3-2-4-11(6-10)21-8-13(17)15-7-9(16)5-12(15)14(18)19/h2-4,6,9,12,16H,5,7-8H2,1H3,(H,18,19)/t9-,12+/m0/s1. The Morgan fingerprint density at radius 3 is 2.76 bits per heavy atom. The Labute approximate surface area is 121 Å². The number of hydrogen-bond acceptors (Lipinski definition) is 5. The lowest BCUT2D eigenvalue weighted by atomic mass is 10.2. The van der Waals surface area contributed by atoms with Gasteiger partial charge in [0, 0.05) is 19.0 Å².